The van der Waals surface area contributed by atoms with Crippen LogP contribution in [0.4, 0.5) is 14.9 Å². The Bertz CT molecular complexity index is 822. The van der Waals surface area contributed by atoms with Gasteiger partial charge in [-0.15, -0.1) is 0 Å². The lowest BCUT2D eigenvalue weighted by molar-refractivity contribution is 0.174. The lowest BCUT2D eigenvalue weighted by Gasteiger charge is -2.22. The second-order valence-electron chi connectivity index (χ2n) is 6.10. The molecule has 2 aliphatic heterocycles. The van der Waals surface area contributed by atoms with Gasteiger partial charge in [-0.25, -0.2) is 9.18 Å². The first-order valence-corrected chi connectivity index (χ1v) is 8.41. The van der Waals surface area contributed by atoms with Crippen LogP contribution in [0, 0.1) is 5.82 Å². The molecule has 7 nitrogen and oxygen atoms in total. The fourth-order valence-electron chi connectivity index (χ4n) is 3.14. The molecule has 1 fully saturated rings. The average Bonchev–Trinajstić information content (AvgIpc) is 3.30. The van der Waals surface area contributed by atoms with Gasteiger partial charge in [0.2, 0.25) is 0 Å². The SMILES string of the molecule is O=C1OC[C@@H](COc2ccon2)N1c1ccc(C2=CCNCC2)c(F)c1. The summed E-state index contributed by atoms with van der Waals surface area (Å²) >= 11 is 0. The van der Waals surface area contributed by atoms with Crippen molar-refractivity contribution in [2.75, 3.05) is 31.2 Å². The van der Waals surface area contributed by atoms with Gasteiger partial charge in [0.15, 0.2) is 0 Å². The third kappa shape index (κ3) is 3.28. The Morgan fingerprint density at radius 3 is 3.04 bits per heavy atom. The van der Waals surface area contributed by atoms with E-state index in [1.165, 1.54) is 17.2 Å². The number of carbonyl (C=O) groups is 1. The first kappa shape index (κ1) is 16.6. The minimum absolute atomic E-state index is 0.164. The number of nitrogens with one attached hydrogen (secondary N) is 1. The molecule has 3 heterocycles. The van der Waals surface area contributed by atoms with Crippen molar-refractivity contribution in [3.63, 3.8) is 0 Å². The van der Waals surface area contributed by atoms with Gasteiger partial charge in [0.05, 0.1) is 5.69 Å². The fraction of sp³-hybridized carbons (Fsp3) is 0.333. The molecule has 1 aromatic heterocycles. The number of carbonyl (C=O) groups excluding carboxylic acids is 1. The minimum atomic E-state index is -0.521. The smallest absolute Gasteiger partial charge is 0.414 e. The monoisotopic (exact) mass is 359 g/mol. The molecule has 2 aromatic rings. The quantitative estimate of drug-likeness (QED) is 0.884. The highest BCUT2D eigenvalue weighted by molar-refractivity contribution is 5.90. The number of cyclic esters (lactones) is 1. The number of hydrogen-bond donors (Lipinski definition) is 1. The van der Waals surface area contributed by atoms with Crippen LogP contribution in [0.25, 0.3) is 5.57 Å². The number of benzene rings is 1. The van der Waals surface area contributed by atoms with E-state index in [9.17, 15) is 9.18 Å². The number of amides is 1. The molecule has 1 amide bonds. The highest BCUT2D eigenvalue weighted by atomic mass is 19.1. The molecule has 136 valence electrons. The van der Waals surface area contributed by atoms with Crippen molar-refractivity contribution in [3.05, 3.63) is 48.0 Å². The number of halogens is 1. The molecular weight excluding hydrogens is 341 g/mol. The Hall–Kier alpha value is -2.87. The van der Waals surface area contributed by atoms with Crippen LogP contribution >= 0.6 is 0 Å². The van der Waals surface area contributed by atoms with Gasteiger partial charge in [0.25, 0.3) is 5.88 Å². The molecule has 0 bridgehead atoms. The van der Waals surface area contributed by atoms with E-state index in [0.29, 0.717) is 17.1 Å². The summed E-state index contributed by atoms with van der Waals surface area (Å²) in [4.78, 5) is 13.5. The van der Waals surface area contributed by atoms with Crippen LogP contribution in [-0.2, 0) is 4.74 Å². The molecule has 4 rings (SSSR count). The highest BCUT2D eigenvalue weighted by Crippen LogP contribution is 2.29. The summed E-state index contributed by atoms with van der Waals surface area (Å²) in [6, 6.07) is 6.01. The average molecular weight is 359 g/mol. The van der Waals surface area contributed by atoms with Gasteiger partial charge < -0.3 is 19.3 Å². The summed E-state index contributed by atoms with van der Waals surface area (Å²) in [5.74, 6) is -0.0322. The van der Waals surface area contributed by atoms with Crippen molar-refractivity contribution < 1.29 is 23.2 Å². The Morgan fingerprint density at radius 1 is 1.38 bits per heavy atom. The maximum atomic E-state index is 14.7. The Kier molecular flexibility index (Phi) is 4.57. The second kappa shape index (κ2) is 7.17. The van der Waals surface area contributed by atoms with Crippen LogP contribution in [0.1, 0.15) is 12.0 Å². The van der Waals surface area contributed by atoms with Gasteiger partial charge in [-0.05, 0) is 41.9 Å². The third-order valence-corrected chi connectivity index (χ3v) is 4.44. The van der Waals surface area contributed by atoms with Crippen LogP contribution in [0.15, 0.2) is 41.1 Å². The van der Waals surface area contributed by atoms with E-state index in [1.807, 2.05) is 6.08 Å². The van der Waals surface area contributed by atoms with Crippen molar-refractivity contribution in [1.82, 2.24) is 10.5 Å². The summed E-state index contributed by atoms with van der Waals surface area (Å²) in [5.41, 5.74) is 1.98. The van der Waals surface area contributed by atoms with Crippen LogP contribution in [-0.4, -0.2) is 43.6 Å². The molecular formula is C18H18FN3O4. The highest BCUT2D eigenvalue weighted by Gasteiger charge is 2.35. The number of rotatable bonds is 5. The van der Waals surface area contributed by atoms with E-state index >= 15 is 0 Å². The van der Waals surface area contributed by atoms with Crippen molar-refractivity contribution in [2.45, 2.75) is 12.5 Å². The molecule has 26 heavy (non-hydrogen) atoms. The van der Waals surface area contributed by atoms with Gasteiger partial charge >= 0.3 is 6.09 Å². The maximum Gasteiger partial charge on any atom is 0.414 e. The standard InChI is InChI=1S/C18H18FN3O4/c19-16-9-13(1-2-15(16)12-3-6-20-7-4-12)22-14(11-25-18(22)23)10-24-17-5-8-26-21-17/h1-3,5,8-9,14,20H,4,6-7,10-11H2/t14-/m1/s1. The first-order valence-electron chi connectivity index (χ1n) is 8.41. The molecule has 2 aliphatic rings. The molecule has 1 N–H and O–H groups in total. The minimum Gasteiger partial charge on any atom is -0.473 e. The molecule has 1 saturated heterocycles. The zero-order valence-corrected chi connectivity index (χ0v) is 14.0. The molecule has 0 saturated carbocycles. The summed E-state index contributed by atoms with van der Waals surface area (Å²) in [5, 5.41) is 6.86. The van der Waals surface area contributed by atoms with Crippen molar-refractivity contribution in [3.8, 4) is 5.88 Å². The van der Waals surface area contributed by atoms with Crippen molar-refractivity contribution in [2.24, 2.45) is 0 Å². The first-order chi connectivity index (χ1) is 12.7. The van der Waals surface area contributed by atoms with E-state index in [0.717, 1.165) is 25.1 Å². The molecule has 8 heteroatoms. The van der Waals surface area contributed by atoms with Crippen LogP contribution in [0.3, 0.4) is 0 Å². The van der Waals surface area contributed by atoms with E-state index in [1.54, 1.807) is 18.2 Å². The topological polar surface area (TPSA) is 76.8 Å². The van der Waals surface area contributed by atoms with Crippen molar-refractivity contribution >= 4 is 17.4 Å². The van der Waals surface area contributed by atoms with E-state index in [-0.39, 0.29) is 25.1 Å². The van der Waals surface area contributed by atoms with Crippen LogP contribution < -0.4 is 15.0 Å². The zero-order valence-electron chi connectivity index (χ0n) is 14.0. The Labute approximate surface area is 149 Å². The molecule has 0 radical (unpaired) electrons. The Balaban J connectivity index is 1.53. The Morgan fingerprint density at radius 2 is 2.31 bits per heavy atom. The van der Waals surface area contributed by atoms with Crippen LogP contribution in [0.5, 0.6) is 5.88 Å². The number of anilines is 1. The molecule has 0 aliphatic carbocycles. The summed E-state index contributed by atoms with van der Waals surface area (Å²) in [6.07, 6.45) is 3.63. The van der Waals surface area contributed by atoms with Crippen LogP contribution in [0.2, 0.25) is 0 Å². The van der Waals surface area contributed by atoms with Gasteiger partial charge in [-0.2, -0.15) is 0 Å². The number of aromatic nitrogens is 1. The second-order valence-corrected chi connectivity index (χ2v) is 6.10. The summed E-state index contributed by atoms with van der Waals surface area (Å²) in [7, 11) is 0. The van der Waals surface area contributed by atoms with Gasteiger partial charge in [0.1, 0.15) is 31.3 Å². The lowest BCUT2D eigenvalue weighted by Crippen LogP contribution is -2.38. The third-order valence-electron chi connectivity index (χ3n) is 4.44. The predicted octanol–water partition coefficient (Wildman–Crippen LogP) is 2.59. The van der Waals surface area contributed by atoms with Crippen molar-refractivity contribution in [1.29, 1.82) is 0 Å². The number of ether oxygens (including phenoxy) is 2. The van der Waals surface area contributed by atoms with E-state index in [4.69, 9.17) is 14.0 Å². The van der Waals surface area contributed by atoms with Gasteiger partial charge in [0, 0.05) is 18.2 Å². The van der Waals surface area contributed by atoms with Gasteiger partial charge in [-0.1, -0.05) is 6.08 Å². The normalized spacial score (nSPS) is 20.0. The number of nitrogens with zero attached hydrogens (tertiary/aromatic N) is 2. The molecule has 0 spiro atoms. The lowest BCUT2D eigenvalue weighted by atomic mass is 9.99. The van der Waals surface area contributed by atoms with E-state index < -0.39 is 6.09 Å². The molecule has 1 atom stereocenters. The fourth-order valence-corrected chi connectivity index (χ4v) is 3.14. The van der Waals surface area contributed by atoms with Gasteiger partial charge in [-0.3, -0.25) is 4.90 Å². The predicted molar refractivity (Wildman–Crippen MR) is 91.5 cm³/mol. The van der Waals surface area contributed by atoms with E-state index in [2.05, 4.69) is 10.5 Å². The number of hydrogen-bond acceptors (Lipinski definition) is 6. The molecule has 0 unspecified atom stereocenters. The maximum absolute atomic E-state index is 14.7. The zero-order chi connectivity index (χ0) is 17.9. The summed E-state index contributed by atoms with van der Waals surface area (Å²) in [6.45, 7) is 1.89. The summed E-state index contributed by atoms with van der Waals surface area (Å²) < 4.78 is 30.0. The molecule has 1 aromatic carbocycles. The largest absolute Gasteiger partial charge is 0.473 e.